The summed E-state index contributed by atoms with van der Waals surface area (Å²) in [7, 11) is 0. The molecule has 1 heterocycles. The first-order chi connectivity index (χ1) is 12.2. The number of rotatable bonds is 8. The van der Waals surface area contributed by atoms with Crippen LogP contribution in [0.1, 0.15) is 54.3 Å². The molecule has 4 nitrogen and oxygen atoms in total. The molecule has 1 fully saturated rings. The highest BCUT2D eigenvalue weighted by atomic mass is 32.1. The van der Waals surface area contributed by atoms with Gasteiger partial charge in [-0.05, 0) is 55.5 Å². The van der Waals surface area contributed by atoms with Gasteiger partial charge in [0.1, 0.15) is 0 Å². The molecule has 25 heavy (non-hydrogen) atoms. The summed E-state index contributed by atoms with van der Waals surface area (Å²) in [5, 5.41) is 6.52. The summed E-state index contributed by atoms with van der Waals surface area (Å²) in [6.07, 6.45) is 6.69. The van der Waals surface area contributed by atoms with Crippen LogP contribution < -0.4 is 10.6 Å². The average molecular weight is 356 g/mol. The van der Waals surface area contributed by atoms with E-state index in [4.69, 9.17) is 0 Å². The summed E-state index contributed by atoms with van der Waals surface area (Å²) in [4.78, 5) is 24.7. The fraction of sp³-hybridized carbons (Fsp3) is 0.400. The lowest BCUT2D eigenvalue weighted by molar-refractivity contribution is -0.117. The molecule has 0 radical (unpaired) electrons. The van der Waals surface area contributed by atoms with Gasteiger partial charge < -0.3 is 10.6 Å². The topological polar surface area (TPSA) is 58.2 Å². The maximum absolute atomic E-state index is 12.3. The molecule has 0 saturated heterocycles. The third kappa shape index (κ3) is 5.16. The summed E-state index contributed by atoms with van der Waals surface area (Å²) in [5.41, 5.74) is 2.09. The largest absolute Gasteiger partial charge is 0.321 e. The van der Waals surface area contributed by atoms with Crippen molar-refractivity contribution in [3.05, 3.63) is 46.8 Å². The second-order valence-corrected chi connectivity index (χ2v) is 7.62. The van der Waals surface area contributed by atoms with E-state index in [1.54, 1.807) is 12.1 Å². The van der Waals surface area contributed by atoms with Gasteiger partial charge in [-0.2, -0.15) is 0 Å². The highest BCUT2D eigenvalue weighted by Crippen LogP contribution is 2.31. The molecule has 3 rings (SSSR count). The minimum atomic E-state index is -0.143. The quantitative estimate of drug-likeness (QED) is 0.648. The molecule has 2 N–H and O–H groups in total. The lowest BCUT2D eigenvalue weighted by Crippen LogP contribution is -2.12. The zero-order valence-corrected chi connectivity index (χ0v) is 15.3. The molecule has 1 aromatic heterocycles. The predicted octanol–water partition coefficient (Wildman–Crippen LogP) is 5.08. The number of amides is 2. The summed E-state index contributed by atoms with van der Waals surface area (Å²) in [6, 6.07) is 11.6. The van der Waals surface area contributed by atoms with Crippen molar-refractivity contribution in [2.75, 3.05) is 10.6 Å². The van der Waals surface area contributed by atoms with E-state index in [9.17, 15) is 9.59 Å². The Hall–Kier alpha value is -2.14. The van der Waals surface area contributed by atoms with E-state index in [0.717, 1.165) is 30.0 Å². The number of aryl methyl sites for hydroxylation is 1. The van der Waals surface area contributed by atoms with Gasteiger partial charge in [0.25, 0.3) is 5.91 Å². The number of benzene rings is 1. The van der Waals surface area contributed by atoms with Crippen molar-refractivity contribution in [2.45, 2.75) is 45.4 Å². The van der Waals surface area contributed by atoms with E-state index < -0.39 is 0 Å². The molecule has 0 bridgehead atoms. The standard InChI is InChI=1S/C20H24N2O2S/c1-2-3-4-5-14-6-10-16(11-7-14)21-20(24)17-12-13-18(25-17)22-19(23)15-8-9-15/h6-7,10-13,15H,2-5,8-9H2,1H3,(H,21,24)(H,22,23). The highest BCUT2D eigenvalue weighted by molar-refractivity contribution is 7.18. The number of hydrogen-bond acceptors (Lipinski definition) is 3. The smallest absolute Gasteiger partial charge is 0.265 e. The predicted molar refractivity (Wildman–Crippen MR) is 103 cm³/mol. The minimum Gasteiger partial charge on any atom is -0.321 e. The molecule has 1 aliphatic rings. The van der Waals surface area contributed by atoms with Gasteiger partial charge in [0, 0.05) is 11.6 Å². The Labute approximate surface area is 152 Å². The fourth-order valence-corrected chi connectivity index (χ4v) is 3.43. The fourth-order valence-electron chi connectivity index (χ4n) is 2.62. The number of carbonyl (C=O) groups excluding carboxylic acids is 2. The van der Waals surface area contributed by atoms with Gasteiger partial charge in [-0.1, -0.05) is 31.9 Å². The van der Waals surface area contributed by atoms with Crippen molar-refractivity contribution in [3.63, 3.8) is 0 Å². The van der Waals surface area contributed by atoms with Crippen molar-refractivity contribution < 1.29 is 9.59 Å². The molecule has 0 unspecified atom stereocenters. The number of nitrogens with one attached hydrogen (secondary N) is 2. The lowest BCUT2D eigenvalue weighted by atomic mass is 10.1. The number of thiophene rings is 1. The molecule has 0 atom stereocenters. The van der Waals surface area contributed by atoms with Gasteiger partial charge >= 0.3 is 0 Å². The number of unbranched alkanes of at least 4 members (excludes halogenated alkanes) is 2. The first-order valence-corrected chi connectivity index (χ1v) is 9.78. The Balaban J connectivity index is 1.53. The first-order valence-electron chi connectivity index (χ1n) is 8.96. The van der Waals surface area contributed by atoms with Gasteiger partial charge in [-0.15, -0.1) is 11.3 Å². The summed E-state index contributed by atoms with van der Waals surface area (Å²) in [6.45, 7) is 2.20. The van der Waals surface area contributed by atoms with Crippen molar-refractivity contribution in [2.24, 2.45) is 5.92 Å². The van der Waals surface area contributed by atoms with Crippen molar-refractivity contribution in [3.8, 4) is 0 Å². The Morgan fingerprint density at radius 3 is 2.48 bits per heavy atom. The maximum Gasteiger partial charge on any atom is 0.265 e. The average Bonchev–Trinajstić information content (AvgIpc) is 3.36. The van der Waals surface area contributed by atoms with Crippen LogP contribution in [0.15, 0.2) is 36.4 Å². The molecule has 0 spiro atoms. The Bertz CT molecular complexity index is 732. The molecular weight excluding hydrogens is 332 g/mol. The van der Waals surface area contributed by atoms with E-state index in [0.29, 0.717) is 4.88 Å². The molecule has 132 valence electrons. The normalized spacial score (nSPS) is 13.5. The molecule has 2 aromatic rings. The molecule has 0 aliphatic heterocycles. The summed E-state index contributed by atoms with van der Waals surface area (Å²) < 4.78 is 0. The van der Waals surface area contributed by atoms with Gasteiger partial charge in [0.05, 0.1) is 9.88 Å². The highest BCUT2D eigenvalue weighted by Gasteiger charge is 2.29. The Morgan fingerprint density at radius 2 is 1.80 bits per heavy atom. The lowest BCUT2D eigenvalue weighted by Gasteiger charge is -2.05. The molecule has 5 heteroatoms. The van der Waals surface area contributed by atoms with E-state index in [-0.39, 0.29) is 17.7 Å². The number of carbonyl (C=O) groups is 2. The molecule has 1 saturated carbocycles. The summed E-state index contributed by atoms with van der Waals surface area (Å²) >= 11 is 1.31. The van der Waals surface area contributed by atoms with E-state index in [2.05, 4.69) is 29.7 Å². The van der Waals surface area contributed by atoms with E-state index in [1.165, 1.54) is 36.2 Å². The Kier molecular flexibility index (Phi) is 5.87. The van der Waals surface area contributed by atoms with Crippen LogP contribution in [0.2, 0.25) is 0 Å². The molecule has 2 amide bonds. The SMILES string of the molecule is CCCCCc1ccc(NC(=O)c2ccc(NC(=O)C3CC3)s2)cc1. The van der Waals surface area contributed by atoms with E-state index >= 15 is 0 Å². The van der Waals surface area contributed by atoms with Gasteiger partial charge in [0.2, 0.25) is 5.91 Å². The van der Waals surface area contributed by atoms with Crippen LogP contribution in [0.5, 0.6) is 0 Å². The zero-order valence-electron chi connectivity index (χ0n) is 14.5. The van der Waals surface area contributed by atoms with Crippen LogP contribution in [0.3, 0.4) is 0 Å². The first kappa shape index (κ1) is 17.7. The van der Waals surface area contributed by atoms with Crippen LogP contribution in [0.4, 0.5) is 10.7 Å². The van der Waals surface area contributed by atoms with Crippen molar-refractivity contribution in [1.82, 2.24) is 0 Å². The van der Waals surface area contributed by atoms with Crippen molar-refractivity contribution >= 4 is 33.8 Å². The molecule has 1 aromatic carbocycles. The second-order valence-electron chi connectivity index (χ2n) is 6.54. The monoisotopic (exact) mass is 356 g/mol. The van der Waals surface area contributed by atoms with Crippen LogP contribution >= 0.6 is 11.3 Å². The van der Waals surface area contributed by atoms with Crippen LogP contribution in [0.25, 0.3) is 0 Å². The molecular formula is C20H24N2O2S. The zero-order chi connectivity index (χ0) is 17.6. The van der Waals surface area contributed by atoms with Crippen molar-refractivity contribution in [1.29, 1.82) is 0 Å². The summed E-state index contributed by atoms with van der Waals surface area (Å²) in [5.74, 6) is 0.0818. The van der Waals surface area contributed by atoms with Crippen LogP contribution in [0, 0.1) is 5.92 Å². The third-order valence-corrected chi connectivity index (χ3v) is 5.30. The number of hydrogen-bond donors (Lipinski definition) is 2. The van der Waals surface area contributed by atoms with Crippen LogP contribution in [-0.2, 0) is 11.2 Å². The van der Waals surface area contributed by atoms with Crippen LogP contribution in [-0.4, -0.2) is 11.8 Å². The number of anilines is 2. The van der Waals surface area contributed by atoms with Gasteiger partial charge in [0.15, 0.2) is 0 Å². The third-order valence-electron chi connectivity index (χ3n) is 4.31. The minimum absolute atomic E-state index is 0.0625. The Morgan fingerprint density at radius 1 is 1.04 bits per heavy atom. The van der Waals surface area contributed by atoms with Gasteiger partial charge in [-0.25, -0.2) is 0 Å². The second kappa shape index (κ2) is 8.30. The van der Waals surface area contributed by atoms with E-state index in [1.807, 2.05) is 12.1 Å². The van der Waals surface area contributed by atoms with Gasteiger partial charge in [-0.3, -0.25) is 9.59 Å². The molecule has 1 aliphatic carbocycles. The maximum atomic E-state index is 12.3.